The largest absolute Gasteiger partial charge is 0.465 e. The molecular formula is C12H21N3O4. The fourth-order valence-electron chi connectivity index (χ4n) is 3.21. The van der Waals surface area contributed by atoms with Gasteiger partial charge in [-0.3, -0.25) is 4.79 Å². The monoisotopic (exact) mass is 271 g/mol. The Balaban J connectivity index is 2.01. The quantitative estimate of drug-likeness (QED) is 0.544. The number of hydrogen-bond donors (Lipinski definition) is 4. The van der Waals surface area contributed by atoms with Crippen molar-refractivity contribution >= 4 is 12.0 Å². The first kappa shape index (κ1) is 14.1. The number of hydrogen-bond acceptors (Lipinski definition) is 4. The van der Waals surface area contributed by atoms with Gasteiger partial charge in [0.05, 0.1) is 0 Å². The van der Waals surface area contributed by atoms with E-state index in [0.717, 1.165) is 12.8 Å². The number of aliphatic hydroxyl groups excluding tert-OH is 1. The van der Waals surface area contributed by atoms with Gasteiger partial charge in [0.1, 0.15) is 6.04 Å². The van der Waals surface area contributed by atoms with Crippen molar-refractivity contribution in [1.29, 1.82) is 0 Å². The Morgan fingerprint density at radius 2 is 2.16 bits per heavy atom. The van der Waals surface area contributed by atoms with Crippen LogP contribution in [0.4, 0.5) is 4.79 Å². The van der Waals surface area contributed by atoms with Crippen molar-refractivity contribution < 1.29 is 19.8 Å². The van der Waals surface area contributed by atoms with E-state index in [1.165, 1.54) is 0 Å². The third kappa shape index (κ3) is 2.98. The highest BCUT2D eigenvalue weighted by atomic mass is 16.4. The zero-order valence-corrected chi connectivity index (χ0v) is 10.8. The first-order chi connectivity index (χ1) is 9.02. The zero-order chi connectivity index (χ0) is 14.0. The molecule has 108 valence electrons. The van der Waals surface area contributed by atoms with Crippen molar-refractivity contribution in [3.63, 3.8) is 0 Å². The van der Waals surface area contributed by atoms with Gasteiger partial charge in [0.2, 0.25) is 5.91 Å². The van der Waals surface area contributed by atoms with Gasteiger partial charge in [-0.05, 0) is 25.7 Å². The number of likely N-dealkylation sites (tertiary alicyclic amines) is 1. The number of carboxylic acid groups (broad SMARTS) is 1. The Morgan fingerprint density at radius 3 is 2.79 bits per heavy atom. The maximum Gasteiger partial charge on any atom is 0.405 e. The van der Waals surface area contributed by atoms with E-state index < -0.39 is 12.1 Å². The van der Waals surface area contributed by atoms with E-state index in [-0.39, 0.29) is 30.5 Å². The number of nitrogens with two attached hydrogens (primary N) is 1. The number of aliphatic hydroxyl groups is 1. The van der Waals surface area contributed by atoms with E-state index in [9.17, 15) is 14.7 Å². The van der Waals surface area contributed by atoms with Gasteiger partial charge in [-0.25, -0.2) is 4.79 Å². The van der Waals surface area contributed by atoms with Crippen molar-refractivity contribution in [3.05, 3.63) is 0 Å². The summed E-state index contributed by atoms with van der Waals surface area (Å²) in [5.74, 6) is -0.183. The normalized spacial score (nSPS) is 35.5. The molecule has 0 aromatic heterocycles. The average molecular weight is 271 g/mol. The molecule has 0 aromatic rings. The van der Waals surface area contributed by atoms with Gasteiger partial charge in [0.15, 0.2) is 0 Å². The third-order valence-corrected chi connectivity index (χ3v) is 4.16. The van der Waals surface area contributed by atoms with Crippen molar-refractivity contribution in [2.45, 2.75) is 43.8 Å². The molecular weight excluding hydrogens is 250 g/mol. The van der Waals surface area contributed by atoms with Crippen LogP contribution < -0.4 is 11.1 Å². The summed E-state index contributed by atoms with van der Waals surface area (Å²) in [7, 11) is 0. The second-order valence-electron chi connectivity index (χ2n) is 5.41. The number of nitrogens with one attached hydrogen (secondary N) is 1. The maximum absolute atomic E-state index is 12.2. The van der Waals surface area contributed by atoms with Gasteiger partial charge in [-0.2, -0.15) is 0 Å². The Bertz CT molecular complexity index is 363. The predicted molar refractivity (Wildman–Crippen MR) is 67.5 cm³/mol. The molecule has 1 heterocycles. The molecule has 2 fully saturated rings. The summed E-state index contributed by atoms with van der Waals surface area (Å²) in [4.78, 5) is 24.5. The fraction of sp³-hybridized carbons (Fsp3) is 0.833. The van der Waals surface area contributed by atoms with Crippen LogP contribution in [-0.4, -0.2) is 58.4 Å². The molecule has 0 radical (unpaired) electrons. The third-order valence-electron chi connectivity index (χ3n) is 4.16. The van der Waals surface area contributed by atoms with E-state index >= 15 is 0 Å². The molecule has 1 aliphatic heterocycles. The van der Waals surface area contributed by atoms with E-state index in [4.69, 9.17) is 10.8 Å². The topological polar surface area (TPSA) is 116 Å². The average Bonchev–Trinajstić information content (AvgIpc) is 2.70. The van der Waals surface area contributed by atoms with Gasteiger partial charge in [0.25, 0.3) is 0 Å². The predicted octanol–water partition coefficient (Wildman–Crippen LogP) is -0.657. The number of carbonyl (C=O) groups excluding carboxylic acids is 1. The Labute approximate surface area is 111 Å². The van der Waals surface area contributed by atoms with Crippen molar-refractivity contribution in [2.24, 2.45) is 11.7 Å². The highest BCUT2D eigenvalue weighted by molar-refractivity contribution is 5.87. The molecule has 4 atom stereocenters. The molecule has 0 spiro atoms. The second kappa shape index (κ2) is 5.75. The molecule has 0 bridgehead atoms. The van der Waals surface area contributed by atoms with E-state index in [1.54, 1.807) is 4.90 Å². The molecule has 1 aliphatic carbocycles. The van der Waals surface area contributed by atoms with Crippen LogP contribution in [0.1, 0.15) is 25.7 Å². The van der Waals surface area contributed by atoms with Gasteiger partial charge in [0, 0.05) is 31.2 Å². The summed E-state index contributed by atoms with van der Waals surface area (Å²) >= 11 is 0. The van der Waals surface area contributed by atoms with Crippen molar-refractivity contribution in [1.82, 2.24) is 10.2 Å². The number of rotatable bonds is 3. The summed E-state index contributed by atoms with van der Waals surface area (Å²) in [6, 6.07) is -0.579. The van der Waals surface area contributed by atoms with Crippen LogP contribution in [0.3, 0.4) is 0 Å². The maximum atomic E-state index is 12.2. The van der Waals surface area contributed by atoms with Gasteiger partial charge < -0.3 is 26.2 Å². The molecule has 19 heavy (non-hydrogen) atoms. The number of nitrogens with zero attached hydrogens (tertiary/aromatic N) is 1. The van der Waals surface area contributed by atoms with Crippen LogP contribution in [0, 0.1) is 5.92 Å². The van der Waals surface area contributed by atoms with Crippen LogP contribution in [0.25, 0.3) is 0 Å². The van der Waals surface area contributed by atoms with Crippen LogP contribution in [0.5, 0.6) is 0 Å². The molecule has 5 N–H and O–H groups in total. The van der Waals surface area contributed by atoms with Crippen LogP contribution in [-0.2, 0) is 4.79 Å². The molecule has 7 heteroatoms. The SMILES string of the molecule is N[C@@H]1CC[C@H](N2CC[C@H](NC(=O)O)C2=O)[C@@H](CO)C1. The Morgan fingerprint density at radius 1 is 1.42 bits per heavy atom. The van der Waals surface area contributed by atoms with Gasteiger partial charge >= 0.3 is 6.09 Å². The molecule has 1 saturated carbocycles. The Kier molecular flexibility index (Phi) is 4.26. The lowest BCUT2D eigenvalue weighted by Gasteiger charge is -2.39. The fourth-order valence-corrected chi connectivity index (χ4v) is 3.21. The number of amides is 2. The smallest absolute Gasteiger partial charge is 0.405 e. The first-order valence-electron chi connectivity index (χ1n) is 6.69. The van der Waals surface area contributed by atoms with E-state index in [0.29, 0.717) is 19.4 Å². The lowest BCUT2D eigenvalue weighted by atomic mass is 9.81. The van der Waals surface area contributed by atoms with Crippen LogP contribution in [0.2, 0.25) is 0 Å². The second-order valence-corrected chi connectivity index (χ2v) is 5.41. The first-order valence-corrected chi connectivity index (χ1v) is 6.69. The highest BCUT2D eigenvalue weighted by Gasteiger charge is 2.41. The minimum absolute atomic E-state index is 0.00345. The lowest BCUT2D eigenvalue weighted by Crippen LogP contribution is -2.51. The van der Waals surface area contributed by atoms with Gasteiger partial charge in [-0.1, -0.05) is 0 Å². The van der Waals surface area contributed by atoms with Crippen molar-refractivity contribution in [3.8, 4) is 0 Å². The molecule has 2 amide bonds. The standard InChI is InChI=1S/C12H21N3O4/c13-8-1-2-10(7(5-8)6-16)15-4-3-9(11(15)17)14-12(18)19/h7-10,14,16H,1-6,13H2,(H,18,19)/t7-,8-,9+,10+/m1/s1. The van der Waals surface area contributed by atoms with Crippen molar-refractivity contribution in [2.75, 3.05) is 13.2 Å². The molecule has 0 unspecified atom stereocenters. The minimum atomic E-state index is -1.18. The summed E-state index contributed by atoms with van der Waals surface area (Å²) in [5, 5.41) is 20.4. The van der Waals surface area contributed by atoms with Gasteiger partial charge in [-0.15, -0.1) is 0 Å². The molecule has 1 saturated heterocycles. The van der Waals surface area contributed by atoms with Crippen LogP contribution in [0.15, 0.2) is 0 Å². The molecule has 0 aromatic carbocycles. The summed E-state index contributed by atoms with van der Waals surface area (Å²) < 4.78 is 0. The molecule has 2 rings (SSSR count). The summed E-state index contributed by atoms with van der Waals surface area (Å²) in [5.41, 5.74) is 5.88. The van der Waals surface area contributed by atoms with E-state index in [2.05, 4.69) is 5.32 Å². The molecule has 7 nitrogen and oxygen atoms in total. The van der Waals surface area contributed by atoms with E-state index in [1.807, 2.05) is 0 Å². The minimum Gasteiger partial charge on any atom is -0.465 e. The Hall–Kier alpha value is -1.34. The summed E-state index contributed by atoms with van der Waals surface area (Å²) in [6.45, 7) is 0.555. The molecule has 2 aliphatic rings. The summed E-state index contributed by atoms with van der Waals surface area (Å²) in [6.07, 6.45) is 1.64. The zero-order valence-electron chi connectivity index (χ0n) is 10.8. The van der Waals surface area contributed by atoms with Crippen LogP contribution >= 0.6 is 0 Å². The lowest BCUT2D eigenvalue weighted by molar-refractivity contribution is -0.133. The number of carbonyl (C=O) groups is 2. The highest BCUT2D eigenvalue weighted by Crippen LogP contribution is 2.30.